The first kappa shape index (κ1) is 19.3. The van der Waals surface area contributed by atoms with Gasteiger partial charge in [-0.1, -0.05) is 12.1 Å². The van der Waals surface area contributed by atoms with Crippen LogP contribution in [0.4, 0.5) is 0 Å². The molecule has 0 aliphatic carbocycles. The third-order valence-electron chi connectivity index (χ3n) is 4.12. The SMILES string of the molecule is CN=C(NCCN1C(=O)CCCC1=O)NCc1ccc(C)cc1SC. The number of hydrogen-bond acceptors (Lipinski definition) is 4. The number of aryl methyl sites for hydroxylation is 1. The number of guanidine groups is 1. The maximum Gasteiger partial charge on any atom is 0.229 e. The van der Waals surface area contributed by atoms with Crippen LogP contribution in [0.15, 0.2) is 28.1 Å². The molecule has 136 valence electrons. The van der Waals surface area contributed by atoms with E-state index in [9.17, 15) is 9.59 Å². The number of imide groups is 1. The summed E-state index contributed by atoms with van der Waals surface area (Å²) in [6, 6.07) is 6.39. The number of carbonyl (C=O) groups is 2. The second kappa shape index (κ2) is 9.46. The highest BCUT2D eigenvalue weighted by atomic mass is 32.2. The molecule has 0 saturated carbocycles. The Labute approximate surface area is 153 Å². The summed E-state index contributed by atoms with van der Waals surface area (Å²) in [4.78, 5) is 30.4. The van der Waals surface area contributed by atoms with Crippen LogP contribution in [0.25, 0.3) is 0 Å². The molecule has 2 N–H and O–H groups in total. The molecule has 7 heteroatoms. The Morgan fingerprint density at radius 1 is 1.24 bits per heavy atom. The summed E-state index contributed by atoms with van der Waals surface area (Å²) in [6.07, 6.45) is 3.66. The Kier molecular flexibility index (Phi) is 7.31. The molecule has 1 aromatic carbocycles. The fourth-order valence-electron chi connectivity index (χ4n) is 2.73. The number of nitrogens with one attached hydrogen (secondary N) is 2. The third-order valence-corrected chi connectivity index (χ3v) is 4.94. The Bertz CT molecular complexity index is 644. The first-order valence-corrected chi connectivity index (χ1v) is 9.69. The fraction of sp³-hybridized carbons (Fsp3) is 0.500. The van der Waals surface area contributed by atoms with Crippen LogP contribution in [0.3, 0.4) is 0 Å². The van der Waals surface area contributed by atoms with Gasteiger partial charge in [0.15, 0.2) is 5.96 Å². The standard InChI is InChI=1S/C18H26N4O2S/c1-13-7-8-14(15(11-13)25-3)12-21-18(19-2)20-9-10-22-16(23)5-4-6-17(22)24/h7-8,11H,4-6,9-10,12H2,1-3H3,(H2,19,20,21). The Balaban J connectivity index is 1.83. The summed E-state index contributed by atoms with van der Waals surface area (Å²) in [6.45, 7) is 3.61. The van der Waals surface area contributed by atoms with E-state index < -0.39 is 0 Å². The third kappa shape index (κ3) is 5.49. The number of piperidine rings is 1. The van der Waals surface area contributed by atoms with Crippen molar-refractivity contribution in [1.82, 2.24) is 15.5 Å². The highest BCUT2D eigenvalue weighted by molar-refractivity contribution is 7.98. The molecule has 1 saturated heterocycles. The Hall–Kier alpha value is -2.02. The van der Waals surface area contributed by atoms with Gasteiger partial charge in [0.25, 0.3) is 0 Å². The average molecular weight is 362 g/mol. The van der Waals surface area contributed by atoms with Crippen LogP contribution in [0.1, 0.15) is 30.4 Å². The molecule has 0 aromatic heterocycles. The van der Waals surface area contributed by atoms with Crippen LogP contribution in [0, 0.1) is 6.92 Å². The molecule has 0 spiro atoms. The van der Waals surface area contributed by atoms with Crippen LogP contribution in [-0.2, 0) is 16.1 Å². The lowest BCUT2D eigenvalue weighted by Gasteiger charge is -2.25. The molecule has 1 aliphatic rings. The topological polar surface area (TPSA) is 73.8 Å². The second-order valence-corrected chi connectivity index (χ2v) is 6.81. The zero-order chi connectivity index (χ0) is 18.2. The number of rotatable bonds is 6. The lowest BCUT2D eigenvalue weighted by atomic mass is 10.1. The van der Waals surface area contributed by atoms with Crippen molar-refractivity contribution in [3.05, 3.63) is 29.3 Å². The number of amides is 2. The molecule has 1 heterocycles. The molecule has 25 heavy (non-hydrogen) atoms. The minimum atomic E-state index is -0.0785. The number of benzene rings is 1. The number of likely N-dealkylation sites (tertiary alicyclic amines) is 1. The van der Waals surface area contributed by atoms with Gasteiger partial charge in [-0.2, -0.15) is 0 Å². The van der Waals surface area contributed by atoms with E-state index in [1.54, 1.807) is 18.8 Å². The van der Waals surface area contributed by atoms with Gasteiger partial charge in [-0.15, -0.1) is 11.8 Å². The monoisotopic (exact) mass is 362 g/mol. The predicted molar refractivity (Wildman–Crippen MR) is 102 cm³/mol. The molecule has 0 unspecified atom stereocenters. The number of carbonyl (C=O) groups excluding carboxylic acids is 2. The van der Waals surface area contributed by atoms with Crippen molar-refractivity contribution in [2.24, 2.45) is 4.99 Å². The summed E-state index contributed by atoms with van der Waals surface area (Å²) in [7, 11) is 1.71. The highest BCUT2D eigenvalue weighted by Crippen LogP contribution is 2.21. The van der Waals surface area contributed by atoms with Crippen LogP contribution >= 0.6 is 11.8 Å². The molecular weight excluding hydrogens is 336 g/mol. The van der Waals surface area contributed by atoms with E-state index in [-0.39, 0.29) is 11.8 Å². The highest BCUT2D eigenvalue weighted by Gasteiger charge is 2.25. The molecule has 2 amide bonds. The summed E-state index contributed by atoms with van der Waals surface area (Å²) >= 11 is 1.72. The number of aliphatic imine (C=N–C) groups is 1. The summed E-state index contributed by atoms with van der Waals surface area (Å²) in [5.41, 5.74) is 2.45. The quantitative estimate of drug-likeness (QED) is 0.350. The molecular formula is C18H26N4O2S. The molecule has 2 rings (SSSR count). The van der Waals surface area contributed by atoms with Gasteiger partial charge in [-0.05, 0) is 36.8 Å². The summed E-state index contributed by atoms with van der Waals surface area (Å²) in [5, 5.41) is 6.44. The van der Waals surface area contributed by atoms with Gasteiger partial charge in [0.1, 0.15) is 0 Å². The van der Waals surface area contributed by atoms with Gasteiger partial charge < -0.3 is 10.6 Å². The van der Waals surface area contributed by atoms with E-state index in [1.165, 1.54) is 20.9 Å². The first-order valence-electron chi connectivity index (χ1n) is 8.46. The predicted octanol–water partition coefficient (Wildman–Crippen LogP) is 1.92. The van der Waals surface area contributed by atoms with Crippen LogP contribution in [0.5, 0.6) is 0 Å². The van der Waals surface area contributed by atoms with Crippen molar-refractivity contribution in [3.8, 4) is 0 Å². The van der Waals surface area contributed by atoms with Gasteiger partial charge in [-0.25, -0.2) is 0 Å². The lowest BCUT2D eigenvalue weighted by Crippen LogP contribution is -2.46. The molecule has 0 atom stereocenters. The van der Waals surface area contributed by atoms with Crippen LogP contribution in [0.2, 0.25) is 0 Å². The Morgan fingerprint density at radius 2 is 1.96 bits per heavy atom. The van der Waals surface area contributed by atoms with E-state index in [1.807, 2.05) is 0 Å². The minimum Gasteiger partial charge on any atom is -0.355 e. The van der Waals surface area contributed by atoms with E-state index >= 15 is 0 Å². The normalized spacial score (nSPS) is 15.5. The lowest BCUT2D eigenvalue weighted by molar-refractivity contribution is -0.147. The van der Waals surface area contributed by atoms with E-state index in [0.29, 0.717) is 44.9 Å². The van der Waals surface area contributed by atoms with Gasteiger partial charge in [0, 0.05) is 44.4 Å². The Morgan fingerprint density at radius 3 is 2.60 bits per heavy atom. The van der Waals surface area contributed by atoms with Gasteiger partial charge >= 0.3 is 0 Å². The summed E-state index contributed by atoms with van der Waals surface area (Å²) < 4.78 is 0. The smallest absolute Gasteiger partial charge is 0.229 e. The van der Waals surface area contributed by atoms with Crippen molar-refractivity contribution in [2.45, 2.75) is 37.6 Å². The van der Waals surface area contributed by atoms with Crippen molar-refractivity contribution in [2.75, 3.05) is 26.4 Å². The first-order chi connectivity index (χ1) is 12.0. The average Bonchev–Trinajstić information content (AvgIpc) is 2.60. The molecule has 0 radical (unpaired) electrons. The van der Waals surface area contributed by atoms with Crippen LogP contribution in [-0.4, -0.2) is 49.1 Å². The van der Waals surface area contributed by atoms with E-state index in [2.05, 4.69) is 47.0 Å². The van der Waals surface area contributed by atoms with Crippen molar-refractivity contribution in [1.29, 1.82) is 0 Å². The molecule has 1 aliphatic heterocycles. The fourth-order valence-corrected chi connectivity index (χ4v) is 3.44. The van der Waals surface area contributed by atoms with E-state index in [0.717, 1.165) is 0 Å². The zero-order valence-electron chi connectivity index (χ0n) is 15.1. The van der Waals surface area contributed by atoms with E-state index in [4.69, 9.17) is 0 Å². The van der Waals surface area contributed by atoms with Gasteiger partial charge in [0.2, 0.25) is 11.8 Å². The van der Waals surface area contributed by atoms with Gasteiger partial charge in [0.05, 0.1) is 0 Å². The minimum absolute atomic E-state index is 0.0785. The summed E-state index contributed by atoms with van der Waals surface area (Å²) in [5.74, 6) is 0.500. The van der Waals surface area contributed by atoms with Crippen molar-refractivity contribution in [3.63, 3.8) is 0 Å². The number of nitrogens with zero attached hydrogens (tertiary/aromatic N) is 2. The molecule has 6 nitrogen and oxygen atoms in total. The number of thioether (sulfide) groups is 1. The molecule has 0 bridgehead atoms. The molecule has 1 fully saturated rings. The second-order valence-electron chi connectivity index (χ2n) is 5.96. The van der Waals surface area contributed by atoms with Crippen molar-refractivity contribution >= 4 is 29.5 Å². The van der Waals surface area contributed by atoms with Crippen LogP contribution < -0.4 is 10.6 Å². The maximum absolute atomic E-state index is 11.8. The number of hydrogen-bond donors (Lipinski definition) is 2. The molecule has 1 aromatic rings. The largest absolute Gasteiger partial charge is 0.355 e. The van der Waals surface area contributed by atoms with Crippen molar-refractivity contribution < 1.29 is 9.59 Å². The van der Waals surface area contributed by atoms with Gasteiger partial charge in [-0.3, -0.25) is 19.5 Å². The zero-order valence-corrected chi connectivity index (χ0v) is 15.9. The maximum atomic E-state index is 11.8.